The number of nitrogens with one attached hydrogen (secondary N) is 2. The number of hydrogen-bond donors (Lipinski definition) is 2. The van der Waals surface area contributed by atoms with Gasteiger partial charge in [0, 0.05) is 10.7 Å². The zero-order valence-corrected chi connectivity index (χ0v) is 8.88. The quantitative estimate of drug-likeness (QED) is 0.809. The van der Waals surface area contributed by atoms with Crippen molar-refractivity contribution in [3.05, 3.63) is 29.3 Å². The number of benzene rings is 1. The van der Waals surface area contributed by atoms with E-state index in [2.05, 4.69) is 10.6 Å². The highest BCUT2D eigenvalue weighted by atomic mass is 35.5. The third-order valence-electron chi connectivity index (χ3n) is 1.62. The largest absolute Gasteiger partial charge is 0.322 e. The molecular formula is C10H10ClN3O. The van der Waals surface area contributed by atoms with Gasteiger partial charge in [-0.05, 0) is 25.1 Å². The van der Waals surface area contributed by atoms with Gasteiger partial charge in [0.05, 0.1) is 6.07 Å². The Labute approximate surface area is 92.8 Å². The van der Waals surface area contributed by atoms with Gasteiger partial charge in [-0.15, -0.1) is 0 Å². The van der Waals surface area contributed by atoms with Gasteiger partial charge in [0.1, 0.15) is 6.04 Å². The van der Waals surface area contributed by atoms with Crippen LogP contribution in [-0.4, -0.2) is 12.1 Å². The summed E-state index contributed by atoms with van der Waals surface area (Å²) < 4.78 is 0. The van der Waals surface area contributed by atoms with E-state index in [1.165, 1.54) is 0 Å². The molecule has 1 aromatic carbocycles. The van der Waals surface area contributed by atoms with Crippen molar-refractivity contribution in [3.63, 3.8) is 0 Å². The number of nitriles is 1. The molecular weight excluding hydrogens is 214 g/mol. The number of urea groups is 1. The normalized spacial score (nSPS) is 11.3. The van der Waals surface area contributed by atoms with Gasteiger partial charge in [-0.2, -0.15) is 5.26 Å². The summed E-state index contributed by atoms with van der Waals surface area (Å²) in [6.07, 6.45) is 0. The monoisotopic (exact) mass is 223 g/mol. The van der Waals surface area contributed by atoms with Crippen molar-refractivity contribution in [3.8, 4) is 6.07 Å². The van der Waals surface area contributed by atoms with Crippen molar-refractivity contribution in [2.45, 2.75) is 13.0 Å². The van der Waals surface area contributed by atoms with E-state index >= 15 is 0 Å². The number of rotatable bonds is 2. The minimum absolute atomic E-state index is 0.425. The van der Waals surface area contributed by atoms with E-state index in [1.54, 1.807) is 31.2 Å². The van der Waals surface area contributed by atoms with Crippen LogP contribution in [0.2, 0.25) is 5.02 Å². The number of amides is 2. The van der Waals surface area contributed by atoms with Gasteiger partial charge in [0.15, 0.2) is 0 Å². The Hall–Kier alpha value is -1.73. The number of nitrogens with zero attached hydrogens (tertiary/aromatic N) is 1. The SMILES string of the molecule is CC(C#N)NC(=O)Nc1cccc(Cl)c1. The summed E-state index contributed by atoms with van der Waals surface area (Å²) in [6.45, 7) is 1.59. The van der Waals surface area contributed by atoms with E-state index in [4.69, 9.17) is 16.9 Å². The first kappa shape index (κ1) is 11.3. The van der Waals surface area contributed by atoms with Crippen LogP contribution in [0, 0.1) is 11.3 Å². The molecule has 1 atom stereocenters. The first-order valence-corrected chi connectivity index (χ1v) is 4.72. The maximum Gasteiger partial charge on any atom is 0.320 e. The van der Waals surface area contributed by atoms with Gasteiger partial charge < -0.3 is 10.6 Å². The van der Waals surface area contributed by atoms with Crippen molar-refractivity contribution in [1.29, 1.82) is 5.26 Å². The molecule has 0 aliphatic rings. The van der Waals surface area contributed by atoms with Crippen molar-refractivity contribution in [2.75, 3.05) is 5.32 Å². The predicted molar refractivity (Wildman–Crippen MR) is 58.7 cm³/mol. The van der Waals surface area contributed by atoms with Gasteiger partial charge in [-0.1, -0.05) is 17.7 Å². The number of carbonyl (C=O) groups excluding carboxylic acids is 1. The zero-order chi connectivity index (χ0) is 11.3. The Morgan fingerprint density at radius 1 is 1.60 bits per heavy atom. The summed E-state index contributed by atoms with van der Waals surface area (Å²) in [4.78, 5) is 11.3. The second-order valence-electron chi connectivity index (χ2n) is 2.96. The van der Waals surface area contributed by atoms with E-state index in [0.717, 1.165) is 0 Å². The third kappa shape index (κ3) is 3.88. The van der Waals surface area contributed by atoms with Crippen molar-refractivity contribution < 1.29 is 4.79 Å². The summed E-state index contributed by atoms with van der Waals surface area (Å²) in [5.74, 6) is 0. The first-order valence-electron chi connectivity index (χ1n) is 4.34. The molecule has 0 heterocycles. The van der Waals surface area contributed by atoms with E-state index in [9.17, 15) is 4.79 Å². The highest BCUT2D eigenvalue weighted by molar-refractivity contribution is 6.30. The molecule has 1 aromatic rings. The average molecular weight is 224 g/mol. The summed E-state index contributed by atoms with van der Waals surface area (Å²) in [6, 6.07) is 7.72. The van der Waals surface area contributed by atoms with E-state index in [0.29, 0.717) is 10.7 Å². The molecule has 0 aliphatic carbocycles. The van der Waals surface area contributed by atoms with Crippen LogP contribution in [0.15, 0.2) is 24.3 Å². The molecule has 0 radical (unpaired) electrons. The lowest BCUT2D eigenvalue weighted by molar-refractivity contribution is 0.251. The lowest BCUT2D eigenvalue weighted by Crippen LogP contribution is -2.35. The molecule has 15 heavy (non-hydrogen) atoms. The van der Waals surface area contributed by atoms with Crippen LogP contribution in [0.25, 0.3) is 0 Å². The Kier molecular flexibility index (Phi) is 3.95. The van der Waals surface area contributed by atoms with E-state index in [-0.39, 0.29) is 0 Å². The number of carbonyl (C=O) groups is 1. The van der Waals surface area contributed by atoms with Gasteiger partial charge in [-0.25, -0.2) is 4.79 Å². The fraction of sp³-hybridized carbons (Fsp3) is 0.200. The fourth-order valence-corrected chi connectivity index (χ4v) is 1.15. The highest BCUT2D eigenvalue weighted by Crippen LogP contribution is 2.14. The molecule has 78 valence electrons. The highest BCUT2D eigenvalue weighted by Gasteiger charge is 2.05. The van der Waals surface area contributed by atoms with Gasteiger partial charge >= 0.3 is 6.03 Å². The predicted octanol–water partition coefficient (Wildman–Crippen LogP) is 2.37. The van der Waals surface area contributed by atoms with Gasteiger partial charge in [0.25, 0.3) is 0 Å². The second kappa shape index (κ2) is 5.23. The number of anilines is 1. The minimum atomic E-state index is -0.524. The molecule has 5 heteroatoms. The molecule has 4 nitrogen and oxygen atoms in total. The molecule has 0 aromatic heterocycles. The fourth-order valence-electron chi connectivity index (χ4n) is 0.962. The molecule has 0 saturated heterocycles. The topological polar surface area (TPSA) is 64.9 Å². The summed E-state index contributed by atoms with van der Waals surface area (Å²) >= 11 is 5.74. The standard InChI is InChI=1S/C10H10ClN3O/c1-7(6-12)13-10(15)14-9-4-2-3-8(11)5-9/h2-5,7H,1H3,(H2,13,14,15). The van der Waals surface area contributed by atoms with Gasteiger partial charge in [-0.3, -0.25) is 0 Å². The van der Waals surface area contributed by atoms with Crippen LogP contribution in [0.4, 0.5) is 10.5 Å². The number of hydrogen-bond acceptors (Lipinski definition) is 2. The maximum absolute atomic E-state index is 11.3. The first-order chi connectivity index (χ1) is 7.11. The molecule has 0 fully saturated rings. The zero-order valence-electron chi connectivity index (χ0n) is 8.12. The van der Waals surface area contributed by atoms with Crippen LogP contribution in [0.5, 0.6) is 0 Å². The van der Waals surface area contributed by atoms with E-state index in [1.807, 2.05) is 6.07 Å². The Balaban J connectivity index is 2.56. The van der Waals surface area contributed by atoms with Crippen LogP contribution < -0.4 is 10.6 Å². The molecule has 0 bridgehead atoms. The average Bonchev–Trinajstić information content (AvgIpc) is 2.17. The molecule has 0 spiro atoms. The molecule has 1 unspecified atom stereocenters. The molecule has 0 aliphatic heterocycles. The summed E-state index contributed by atoms with van der Waals surface area (Å²) in [5, 5.41) is 14.0. The lowest BCUT2D eigenvalue weighted by atomic mass is 10.3. The maximum atomic E-state index is 11.3. The van der Waals surface area contributed by atoms with Crippen LogP contribution in [0.1, 0.15) is 6.92 Å². The lowest BCUT2D eigenvalue weighted by Gasteiger charge is -2.08. The van der Waals surface area contributed by atoms with Crippen LogP contribution >= 0.6 is 11.6 Å². The molecule has 2 N–H and O–H groups in total. The molecule has 0 saturated carbocycles. The Morgan fingerprint density at radius 2 is 2.33 bits per heavy atom. The van der Waals surface area contributed by atoms with Crippen molar-refractivity contribution >= 4 is 23.3 Å². The molecule has 2 amide bonds. The second-order valence-corrected chi connectivity index (χ2v) is 3.40. The smallest absolute Gasteiger partial charge is 0.320 e. The molecule has 1 rings (SSSR count). The van der Waals surface area contributed by atoms with Crippen LogP contribution in [0.3, 0.4) is 0 Å². The Bertz CT molecular complexity index is 400. The van der Waals surface area contributed by atoms with Gasteiger partial charge in [0.2, 0.25) is 0 Å². The van der Waals surface area contributed by atoms with Crippen LogP contribution in [-0.2, 0) is 0 Å². The van der Waals surface area contributed by atoms with E-state index < -0.39 is 12.1 Å². The summed E-state index contributed by atoms with van der Waals surface area (Å²) in [5.41, 5.74) is 0.588. The summed E-state index contributed by atoms with van der Waals surface area (Å²) in [7, 11) is 0. The van der Waals surface area contributed by atoms with Crippen molar-refractivity contribution in [1.82, 2.24) is 5.32 Å². The number of halogens is 1. The minimum Gasteiger partial charge on any atom is -0.322 e. The third-order valence-corrected chi connectivity index (χ3v) is 1.86. The Morgan fingerprint density at radius 3 is 2.93 bits per heavy atom. The van der Waals surface area contributed by atoms with Crippen molar-refractivity contribution in [2.24, 2.45) is 0 Å².